The maximum absolute atomic E-state index is 12.7. The average Bonchev–Trinajstić information content (AvgIpc) is 3.24. The molecule has 0 fully saturated rings. The number of pyridine rings is 3. The van der Waals surface area contributed by atoms with E-state index in [4.69, 9.17) is 20.4 Å². The highest BCUT2D eigenvalue weighted by atomic mass is 16.5. The highest BCUT2D eigenvalue weighted by Crippen LogP contribution is 2.31. The smallest absolute Gasteiger partial charge is 0.337 e. The molecule has 4 aromatic heterocycles. The van der Waals surface area contributed by atoms with Crippen LogP contribution in [0.4, 0.5) is 5.82 Å². The first-order valence-electron chi connectivity index (χ1n) is 10.4. The van der Waals surface area contributed by atoms with Crippen molar-refractivity contribution in [2.75, 3.05) is 12.8 Å². The van der Waals surface area contributed by atoms with Crippen LogP contribution in [0.3, 0.4) is 0 Å². The first kappa shape index (κ1) is 21.1. The number of ether oxygens (including phenoxy) is 1. The number of carbonyl (C=O) groups excluding carboxylic acids is 1. The monoisotopic (exact) mass is 452 g/mol. The second-order valence-corrected chi connectivity index (χ2v) is 7.62. The maximum atomic E-state index is 12.7. The van der Waals surface area contributed by atoms with Crippen LogP contribution in [0.1, 0.15) is 10.4 Å². The summed E-state index contributed by atoms with van der Waals surface area (Å²) in [7, 11) is 3.03. The zero-order chi connectivity index (χ0) is 23.8. The number of fused-ring (bicyclic) bond motifs is 1. The van der Waals surface area contributed by atoms with Gasteiger partial charge in [-0.2, -0.15) is 0 Å². The van der Waals surface area contributed by atoms with Crippen LogP contribution in [-0.2, 0) is 11.8 Å². The zero-order valence-corrected chi connectivity index (χ0v) is 18.5. The molecule has 0 aliphatic heterocycles. The number of aryl methyl sites for hydroxylation is 1. The number of hydrogen-bond acceptors (Lipinski definition) is 7. The quantitative estimate of drug-likeness (QED) is 0.416. The van der Waals surface area contributed by atoms with Crippen LogP contribution in [0, 0.1) is 0 Å². The van der Waals surface area contributed by atoms with E-state index in [0.29, 0.717) is 50.9 Å². The Hall–Kier alpha value is -4.79. The lowest BCUT2D eigenvalue weighted by Gasteiger charge is -2.11. The van der Waals surface area contributed by atoms with E-state index in [0.717, 1.165) is 0 Å². The number of anilines is 1. The van der Waals surface area contributed by atoms with Gasteiger partial charge in [0.15, 0.2) is 11.5 Å². The van der Waals surface area contributed by atoms with Gasteiger partial charge in [0, 0.05) is 25.1 Å². The van der Waals surface area contributed by atoms with E-state index in [9.17, 15) is 9.59 Å². The fraction of sp³-hybridized carbons (Fsp3) is 0.0800. The topological polar surface area (TPSA) is 118 Å². The minimum Gasteiger partial charge on any atom is -0.465 e. The minimum absolute atomic E-state index is 0.153. The third-order valence-corrected chi connectivity index (χ3v) is 5.53. The Kier molecular flexibility index (Phi) is 5.14. The summed E-state index contributed by atoms with van der Waals surface area (Å²) in [6.45, 7) is 0. The standard InChI is InChI=1S/C25H20N6O3/c1-30-14-4-6-17(24(30)32)19-11-12-20-23(28-19)31(16-9-7-15(8-10-16)25(33)34-2)22(29-20)18-5-3-13-27-21(18)26/h3-14H,1-2H3,(H2,26,27). The lowest BCUT2D eigenvalue weighted by molar-refractivity contribution is 0.0600. The highest BCUT2D eigenvalue weighted by molar-refractivity contribution is 5.90. The summed E-state index contributed by atoms with van der Waals surface area (Å²) in [4.78, 5) is 38.4. The Morgan fingerprint density at radius 2 is 1.74 bits per heavy atom. The van der Waals surface area contributed by atoms with Crippen molar-refractivity contribution in [3.05, 3.63) is 89.0 Å². The highest BCUT2D eigenvalue weighted by Gasteiger charge is 2.19. The largest absolute Gasteiger partial charge is 0.465 e. The van der Waals surface area contributed by atoms with Crippen LogP contribution in [0.15, 0.2) is 77.9 Å². The minimum atomic E-state index is -0.431. The molecule has 34 heavy (non-hydrogen) atoms. The fourth-order valence-electron chi connectivity index (χ4n) is 3.80. The van der Waals surface area contributed by atoms with Gasteiger partial charge < -0.3 is 15.0 Å². The number of carbonyl (C=O) groups is 1. The van der Waals surface area contributed by atoms with Gasteiger partial charge in [0.05, 0.1) is 29.5 Å². The number of nitrogen functional groups attached to an aromatic ring is 1. The number of imidazole rings is 1. The van der Waals surface area contributed by atoms with Crippen molar-refractivity contribution in [3.63, 3.8) is 0 Å². The predicted octanol–water partition coefficient (Wildman–Crippen LogP) is 3.22. The Morgan fingerprint density at radius 1 is 0.971 bits per heavy atom. The van der Waals surface area contributed by atoms with Crippen molar-refractivity contribution < 1.29 is 9.53 Å². The summed E-state index contributed by atoms with van der Waals surface area (Å²) in [6.07, 6.45) is 3.30. The molecule has 4 heterocycles. The second kappa shape index (κ2) is 8.28. The van der Waals surface area contributed by atoms with Crippen LogP contribution < -0.4 is 11.3 Å². The van der Waals surface area contributed by atoms with Gasteiger partial charge in [-0.15, -0.1) is 0 Å². The maximum Gasteiger partial charge on any atom is 0.337 e. The lowest BCUT2D eigenvalue weighted by atomic mass is 10.2. The number of benzene rings is 1. The van der Waals surface area contributed by atoms with E-state index < -0.39 is 5.97 Å². The van der Waals surface area contributed by atoms with E-state index in [-0.39, 0.29) is 5.56 Å². The molecule has 1 aromatic carbocycles. The van der Waals surface area contributed by atoms with Gasteiger partial charge in [-0.05, 0) is 60.7 Å². The molecule has 0 aliphatic carbocycles. The normalized spacial score (nSPS) is 11.0. The summed E-state index contributed by atoms with van der Waals surface area (Å²) in [5, 5.41) is 0. The Morgan fingerprint density at radius 3 is 2.47 bits per heavy atom. The van der Waals surface area contributed by atoms with Crippen molar-refractivity contribution in [2.24, 2.45) is 7.05 Å². The summed E-state index contributed by atoms with van der Waals surface area (Å²) in [5.74, 6) is 0.429. The van der Waals surface area contributed by atoms with Crippen molar-refractivity contribution >= 4 is 23.0 Å². The number of nitrogens with two attached hydrogens (primary N) is 1. The molecule has 0 atom stereocenters. The van der Waals surface area contributed by atoms with E-state index in [2.05, 4.69) is 4.98 Å². The first-order valence-corrected chi connectivity index (χ1v) is 10.4. The summed E-state index contributed by atoms with van der Waals surface area (Å²) in [5.41, 5.74) is 9.92. The van der Waals surface area contributed by atoms with Gasteiger partial charge in [0.1, 0.15) is 11.3 Å². The molecule has 0 radical (unpaired) electrons. The van der Waals surface area contributed by atoms with Gasteiger partial charge in [0.25, 0.3) is 5.56 Å². The Bertz CT molecular complexity index is 1600. The zero-order valence-electron chi connectivity index (χ0n) is 18.5. The van der Waals surface area contributed by atoms with Crippen molar-refractivity contribution in [2.45, 2.75) is 0 Å². The SMILES string of the molecule is COC(=O)c1ccc(-n2c(-c3cccnc3N)nc3ccc(-c4cccn(C)c4=O)nc32)cc1. The van der Waals surface area contributed by atoms with Crippen LogP contribution in [0.2, 0.25) is 0 Å². The lowest BCUT2D eigenvalue weighted by Crippen LogP contribution is -2.17. The molecule has 0 amide bonds. The molecular formula is C25H20N6O3. The van der Waals surface area contributed by atoms with Crippen LogP contribution in [0.25, 0.3) is 39.5 Å². The van der Waals surface area contributed by atoms with Crippen LogP contribution >= 0.6 is 0 Å². The molecule has 0 saturated carbocycles. The summed E-state index contributed by atoms with van der Waals surface area (Å²) < 4.78 is 8.14. The van der Waals surface area contributed by atoms with E-state index in [1.807, 2.05) is 16.7 Å². The molecule has 9 nitrogen and oxygen atoms in total. The molecule has 9 heteroatoms. The summed E-state index contributed by atoms with van der Waals surface area (Å²) >= 11 is 0. The van der Waals surface area contributed by atoms with Crippen LogP contribution in [0.5, 0.6) is 0 Å². The number of methoxy groups -OCH3 is 1. The van der Waals surface area contributed by atoms with Gasteiger partial charge in [0.2, 0.25) is 0 Å². The molecule has 0 spiro atoms. The summed E-state index contributed by atoms with van der Waals surface area (Å²) in [6, 6.07) is 17.6. The predicted molar refractivity (Wildman–Crippen MR) is 129 cm³/mol. The molecule has 0 unspecified atom stereocenters. The average molecular weight is 452 g/mol. The van der Waals surface area contributed by atoms with Gasteiger partial charge >= 0.3 is 5.97 Å². The van der Waals surface area contributed by atoms with E-state index in [1.54, 1.807) is 68.0 Å². The third-order valence-electron chi connectivity index (χ3n) is 5.53. The van der Waals surface area contributed by atoms with E-state index in [1.165, 1.54) is 11.7 Å². The second-order valence-electron chi connectivity index (χ2n) is 7.62. The Balaban J connectivity index is 1.78. The molecule has 5 aromatic rings. The number of hydrogen-bond donors (Lipinski definition) is 1. The molecule has 0 saturated heterocycles. The molecule has 0 bridgehead atoms. The third kappa shape index (κ3) is 3.49. The fourth-order valence-corrected chi connectivity index (χ4v) is 3.80. The Labute approximate surface area is 194 Å². The van der Waals surface area contributed by atoms with Gasteiger partial charge in [-0.25, -0.2) is 19.7 Å². The molecule has 0 aliphatic rings. The van der Waals surface area contributed by atoms with Crippen molar-refractivity contribution in [1.29, 1.82) is 0 Å². The number of esters is 1. The molecule has 2 N–H and O–H groups in total. The molecule has 168 valence electrons. The number of nitrogens with zero attached hydrogens (tertiary/aromatic N) is 5. The van der Waals surface area contributed by atoms with Gasteiger partial charge in [-0.1, -0.05) is 0 Å². The van der Waals surface area contributed by atoms with Gasteiger partial charge in [-0.3, -0.25) is 9.36 Å². The number of aromatic nitrogens is 5. The first-order chi connectivity index (χ1) is 16.5. The van der Waals surface area contributed by atoms with Crippen LogP contribution in [-0.4, -0.2) is 37.2 Å². The molecule has 5 rings (SSSR count). The molecular weight excluding hydrogens is 432 g/mol. The van der Waals surface area contributed by atoms with Crippen molar-refractivity contribution in [3.8, 4) is 28.3 Å². The number of rotatable bonds is 4. The van der Waals surface area contributed by atoms with Crippen molar-refractivity contribution in [1.82, 2.24) is 24.1 Å². The van der Waals surface area contributed by atoms with E-state index >= 15 is 0 Å².